The molecule has 112 valence electrons. The minimum absolute atomic E-state index is 0. The molecule has 1 aromatic rings. The Morgan fingerprint density at radius 1 is 1.25 bits per heavy atom. The fourth-order valence-corrected chi connectivity index (χ4v) is 2.51. The predicted octanol–water partition coefficient (Wildman–Crippen LogP) is 3.34. The molecule has 0 radical (unpaired) electrons. The van der Waals surface area contributed by atoms with E-state index in [-0.39, 0.29) is 24.4 Å². The van der Waals surface area contributed by atoms with Crippen molar-refractivity contribution in [3.63, 3.8) is 0 Å². The fraction of sp³-hybridized carbons (Fsp3) is 0.562. The highest BCUT2D eigenvalue weighted by atomic mass is 35.5. The molecule has 1 amide bonds. The molecule has 1 aliphatic rings. The molecule has 1 aliphatic heterocycles. The van der Waals surface area contributed by atoms with Crippen molar-refractivity contribution in [2.75, 3.05) is 18.5 Å². The van der Waals surface area contributed by atoms with Gasteiger partial charge < -0.3 is 10.2 Å². The van der Waals surface area contributed by atoms with E-state index in [1.54, 1.807) is 4.90 Å². The Labute approximate surface area is 128 Å². The second-order valence-electron chi connectivity index (χ2n) is 5.65. The van der Waals surface area contributed by atoms with Crippen molar-refractivity contribution in [3.8, 4) is 0 Å². The summed E-state index contributed by atoms with van der Waals surface area (Å²) in [4.78, 5) is 14.2. The van der Waals surface area contributed by atoms with Crippen LogP contribution in [0.2, 0.25) is 0 Å². The predicted molar refractivity (Wildman–Crippen MR) is 86.8 cm³/mol. The van der Waals surface area contributed by atoms with E-state index in [9.17, 15) is 4.79 Å². The fourth-order valence-electron chi connectivity index (χ4n) is 2.51. The lowest BCUT2D eigenvalue weighted by Crippen LogP contribution is -2.47. The van der Waals surface area contributed by atoms with Gasteiger partial charge in [-0.05, 0) is 43.0 Å². The van der Waals surface area contributed by atoms with Crippen LogP contribution < -0.4 is 10.2 Å². The topological polar surface area (TPSA) is 32.3 Å². The number of hydrogen-bond acceptors (Lipinski definition) is 2. The van der Waals surface area contributed by atoms with E-state index in [4.69, 9.17) is 0 Å². The maximum absolute atomic E-state index is 12.4. The first kappa shape index (κ1) is 17.0. The summed E-state index contributed by atoms with van der Waals surface area (Å²) >= 11 is 0. The molecule has 1 fully saturated rings. The van der Waals surface area contributed by atoms with Gasteiger partial charge in [0, 0.05) is 12.7 Å². The molecule has 0 aromatic heterocycles. The van der Waals surface area contributed by atoms with Crippen LogP contribution in [0, 0.1) is 0 Å². The van der Waals surface area contributed by atoms with Crippen molar-refractivity contribution in [2.24, 2.45) is 0 Å². The number of carbonyl (C=O) groups is 1. The Hall–Kier alpha value is -1.06. The van der Waals surface area contributed by atoms with E-state index in [1.807, 2.05) is 19.2 Å². The molecule has 1 N–H and O–H groups in total. The number of benzene rings is 1. The maximum Gasteiger partial charge on any atom is 0.243 e. The molecule has 2 rings (SSSR count). The Balaban J connectivity index is 0.00000200. The molecule has 4 heteroatoms. The van der Waals surface area contributed by atoms with Crippen LogP contribution in [0.5, 0.6) is 0 Å². The smallest absolute Gasteiger partial charge is 0.243 e. The van der Waals surface area contributed by atoms with Gasteiger partial charge in [-0.2, -0.15) is 0 Å². The van der Waals surface area contributed by atoms with Crippen LogP contribution in [0.15, 0.2) is 24.3 Å². The Morgan fingerprint density at radius 2 is 1.90 bits per heavy atom. The van der Waals surface area contributed by atoms with Crippen LogP contribution in [0.1, 0.15) is 44.6 Å². The van der Waals surface area contributed by atoms with Crippen molar-refractivity contribution < 1.29 is 4.79 Å². The molecule has 1 heterocycles. The van der Waals surface area contributed by atoms with Gasteiger partial charge in [0.05, 0.1) is 6.04 Å². The summed E-state index contributed by atoms with van der Waals surface area (Å²) in [5.74, 6) is 0.701. The highest BCUT2D eigenvalue weighted by Gasteiger charge is 2.24. The van der Waals surface area contributed by atoms with Crippen molar-refractivity contribution >= 4 is 24.0 Å². The molecule has 0 spiro atoms. The SMILES string of the molecule is CC(C)c1ccc(N(C)C(=O)C2CCCCN2)cc1.Cl. The second-order valence-corrected chi connectivity index (χ2v) is 5.65. The van der Waals surface area contributed by atoms with Gasteiger partial charge in [-0.1, -0.05) is 32.4 Å². The van der Waals surface area contributed by atoms with Crippen LogP contribution >= 0.6 is 12.4 Å². The number of amides is 1. The quantitative estimate of drug-likeness (QED) is 0.928. The lowest BCUT2D eigenvalue weighted by molar-refractivity contribution is -0.120. The number of halogens is 1. The third-order valence-corrected chi connectivity index (χ3v) is 3.89. The van der Waals surface area contributed by atoms with Gasteiger partial charge in [0.2, 0.25) is 5.91 Å². The molecule has 1 unspecified atom stereocenters. The second kappa shape index (κ2) is 7.65. The molecule has 20 heavy (non-hydrogen) atoms. The highest BCUT2D eigenvalue weighted by molar-refractivity contribution is 5.96. The molecule has 0 aliphatic carbocycles. The minimum Gasteiger partial charge on any atom is -0.314 e. The Bertz CT molecular complexity index is 425. The van der Waals surface area contributed by atoms with E-state index in [0.717, 1.165) is 25.1 Å². The molecular weight excluding hydrogens is 272 g/mol. The molecule has 1 atom stereocenters. The van der Waals surface area contributed by atoms with E-state index < -0.39 is 0 Å². The molecule has 3 nitrogen and oxygen atoms in total. The monoisotopic (exact) mass is 296 g/mol. The summed E-state index contributed by atoms with van der Waals surface area (Å²) in [7, 11) is 1.86. The number of piperidine rings is 1. The van der Waals surface area contributed by atoms with Gasteiger partial charge >= 0.3 is 0 Å². The number of rotatable bonds is 3. The number of anilines is 1. The van der Waals surface area contributed by atoms with Crippen LogP contribution in [-0.2, 0) is 4.79 Å². The molecule has 1 saturated heterocycles. The number of nitrogens with zero attached hydrogens (tertiary/aromatic N) is 1. The molecule has 1 aromatic carbocycles. The van der Waals surface area contributed by atoms with Gasteiger partial charge in [-0.3, -0.25) is 4.79 Å². The van der Waals surface area contributed by atoms with E-state index >= 15 is 0 Å². The molecule has 0 bridgehead atoms. The van der Waals surface area contributed by atoms with Crippen LogP contribution in [-0.4, -0.2) is 25.5 Å². The number of nitrogens with one attached hydrogen (secondary N) is 1. The first-order valence-electron chi connectivity index (χ1n) is 7.20. The Morgan fingerprint density at radius 3 is 2.40 bits per heavy atom. The zero-order valence-corrected chi connectivity index (χ0v) is 13.4. The third-order valence-electron chi connectivity index (χ3n) is 3.89. The standard InChI is InChI=1S/C16H24N2O.ClH/c1-12(2)13-7-9-14(10-8-13)18(3)16(19)15-6-4-5-11-17-15;/h7-10,12,15,17H,4-6,11H2,1-3H3;1H. The van der Waals surface area contributed by atoms with Crippen molar-refractivity contribution in [3.05, 3.63) is 29.8 Å². The lowest BCUT2D eigenvalue weighted by Gasteiger charge is -2.27. The van der Waals surface area contributed by atoms with E-state index in [0.29, 0.717) is 5.92 Å². The summed E-state index contributed by atoms with van der Waals surface area (Å²) in [6.07, 6.45) is 3.27. The van der Waals surface area contributed by atoms with Crippen molar-refractivity contribution in [2.45, 2.75) is 45.1 Å². The van der Waals surface area contributed by atoms with Crippen molar-refractivity contribution in [1.82, 2.24) is 5.32 Å². The van der Waals surface area contributed by atoms with Crippen LogP contribution in [0.4, 0.5) is 5.69 Å². The van der Waals surface area contributed by atoms with Gasteiger partial charge in [-0.25, -0.2) is 0 Å². The van der Waals surface area contributed by atoms with Gasteiger partial charge in [0.1, 0.15) is 0 Å². The summed E-state index contributed by atoms with van der Waals surface area (Å²) in [6.45, 7) is 5.31. The highest BCUT2D eigenvalue weighted by Crippen LogP contribution is 2.20. The maximum atomic E-state index is 12.4. The summed E-state index contributed by atoms with van der Waals surface area (Å²) in [5.41, 5.74) is 2.28. The minimum atomic E-state index is -0.0106. The first-order valence-corrected chi connectivity index (χ1v) is 7.20. The Kier molecular flexibility index (Phi) is 6.50. The zero-order chi connectivity index (χ0) is 13.8. The van der Waals surface area contributed by atoms with E-state index in [1.165, 1.54) is 12.0 Å². The molecule has 0 saturated carbocycles. The normalized spacial score (nSPS) is 18.5. The summed E-state index contributed by atoms with van der Waals surface area (Å²) in [6, 6.07) is 8.28. The third kappa shape index (κ3) is 3.97. The zero-order valence-electron chi connectivity index (χ0n) is 12.6. The summed E-state index contributed by atoms with van der Waals surface area (Å²) < 4.78 is 0. The van der Waals surface area contributed by atoms with E-state index in [2.05, 4.69) is 31.3 Å². The molecular formula is C16H25ClN2O. The van der Waals surface area contributed by atoms with Crippen molar-refractivity contribution in [1.29, 1.82) is 0 Å². The number of likely N-dealkylation sites (N-methyl/N-ethyl adjacent to an activating group) is 1. The lowest BCUT2D eigenvalue weighted by atomic mass is 10.0. The first-order chi connectivity index (χ1) is 9.09. The number of hydrogen-bond donors (Lipinski definition) is 1. The van der Waals surface area contributed by atoms with Crippen LogP contribution in [0.25, 0.3) is 0 Å². The van der Waals surface area contributed by atoms with Gasteiger partial charge in [0.25, 0.3) is 0 Å². The summed E-state index contributed by atoms with van der Waals surface area (Å²) in [5, 5.41) is 3.31. The largest absolute Gasteiger partial charge is 0.314 e. The van der Waals surface area contributed by atoms with Gasteiger partial charge in [0.15, 0.2) is 0 Å². The average Bonchev–Trinajstić information content (AvgIpc) is 2.46. The van der Waals surface area contributed by atoms with Crippen LogP contribution in [0.3, 0.4) is 0 Å². The van der Waals surface area contributed by atoms with Gasteiger partial charge in [-0.15, -0.1) is 12.4 Å². The number of carbonyl (C=O) groups excluding carboxylic acids is 1. The average molecular weight is 297 g/mol.